The van der Waals surface area contributed by atoms with Crippen LogP contribution >= 0.6 is 0 Å². The lowest BCUT2D eigenvalue weighted by atomic mass is 10.2. The molecule has 0 aliphatic carbocycles. The predicted molar refractivity (Wildman–Crippen MR) is 121 cm³/mol. The van der Waals surface area contributed by atoms with Gasteiger partial charge in [0.15, 0.2) is 0 Å². The number of nitrogens with one attached hydrogen (secondary N) is 2. The number of aromatic nitrogens is 1. The first-order valence-corrected chi connectivity index (χ1v) is 11.4. The Morgan fingerprint density at radius 3 is 2.19 bits per heavy atom. The molecule has 2 amide bonds. The summed E-state index contributed by atoms with van der Waals surface area (Å²) in [5.41, 5.74) is 2.35. The van der Waals surface area contributed by atoms with E-state index in [0.717, 1.165) is 11.1 Å². The molecular formula is C23H26N4O3S. The Labute approximate surface area is 183 Å². The molecule has 2 N–H and O–H groups in total. The molecule has 0 fully saturated rings. The monoisotopic (exact) mass is 438 g/mol. The Balaban J connectivity index is 1.66. The largest absolute Gasteiger partial charge is 0.334 e. The number of carbonyl (C=O) groups is 1. The van der Waals surface area contributed by atoms with Crippen molar-refractivity contribution in [3.05, 3.63) is 90.3 Å². The van der Waals surface area contributed by atoms with Crippen LogP contribution in [0.25, 0.3) is 0 Å². The van der Waals surface area contributed by atoms with Gasteiger partial charge in [-0.3, -0.25) is 4.98 Å². The molecule has 8 heteroatoms. The molecule has 0 aliphatic rings. The first-order chi connectivity index (χ1) is 14.9. The van der Waals surface area contributed by atoms with Gasteiger partial charge in [-0.25, -0.2) is 13.2 Å². The lowest BCUT2D eigenvalue weighted by molar-refractivity contribution is 0.251. The first kappa shape index (κ1) is 22.5. The summed E-state index contributed by atoms with van der Waals surface area (Å²) in [6.07, 6.45) is 3.32. The highest BCUT2D eigenvalue weighted by Crippen LogP contribution is 2.22. The van der Waals surface area contributed by atoms with Crippen LogP contribution in [0.1, 0.15) is 25.0 Å². The Morgan fingerprint density at radius 1 is 0.935 bits per heavy atom. The molecule has 7 nitrogen and oxygen atoms in total. The van der Waals surface area contributed by atoms with Gasteiger partial charge in [0.05, 0.1) is 4.90 Å². The average molecular weight is 439 g/mol. The van der Waals surface area contributed by atoms with E-state index >= 15 is 0 Å². The maximum absolute atomic E-state index is 13.2. The molecule has 31 heavy (non-hydrogen) atoms. The predicted octanol–water partition coefficient (Wildman–Crippen LogP) is 4.00. The first-order valence-electron chi connectivity index (χ1n) is 9.96. The third-order valence-corrected chi connectivity index (χ3v) is 6.71. The molecule has 162 valence electrons. The molecule has 1 heterocycles. The second-order valence-electron chi connectivity index (χ2n) is 7.32. The number of amides is 2. The number of rotatable bonds is 8. The van der Waals surface area contributed by atoms with Gasteiger partial charge in [-0.05, 0) is 61.4 Å². The van der Waals surface area contributed by atoms with Gasteiger partial charge in [0, 0.05) is 37.2 Å². The molecule has 2 aromatic carbocycles. The highest BCUT2D eigenvalue weighted by Gasteiger charge is 2.27. The van der Waals surface area contributed by atoms with Crippen LogP contribution in [0.4, 0.5) is 10.5 Å². The zero-order valence-corrected chi connectivity index (χ0v) is 18.3. The van der Waals surface area contributed by atoms with Crippen molar-refractivity contribution in [2.75, 3.05) is 5.32 Å². The van der Waals surface area contributed by atoms with Crippen LogP contribution < -0.4 is 10.6 Å². The van der Waals surface area contributed by atoms with Crippen LogP contribution in [0.3, 0.4) is 0 Å². The summed E-state index contributed by atoms with van der Waals surface area (Å²) in [5, 5.41) is 5.46. The van der Waals surface area contributed by atoms with Crippen molar-refractivity contribution in [3.63, 3.8) is 0 Å². The van der Waals surface area contributed by atoms with E-state index in [2.05, 4.69) is 15.6 Å². The number of sulfonamides is 1. The van der Waals surface area contributed by atoms with E-state index in [9.17, 15) is 13.2 Å². The second kappa shape index (κ2) is 10.2. The van der Waals surface area contributed by atoms with Gasteiger partial charge in [0.1, 0.15) is 0 Å². The minimum atomic E-state index is -3.69. The minimum absolute atomic E-state index is 0.180. The number of pyridine rings is 1. The fourth-order valence-electron chi connectivity index (χ4n) is 3.01. The highest BCUT2D eigenvalue weighted by molar-refractivity contribution is 7.89. The molecule has 0 unspecified atom stereocenters. The summed E-state index contributed by atoms with van der Waals surface area (Å²) in [6, 6.07) is 18.7. The van der Waals surface area contributed by atoms with E-state index in [1.165, 1.54) is 16.4 Å². The van der Waals surface area contributed by atoms with Crippen LogP contribution in [0.2, 0.25) is 0 Å². The molecule has 3 aromatic rings. The highest BCUT2D eigenvalue weighted by atomic mass is 32.2. The number of hydrogen-bond donors (Lipinski definition) is 2. The number of anilines is 1. The average Bonchev–Trinajstić information content (AvgIpc) is 2.77. The van der Waals surface area contributed by atoms with E-state index in [0.29, 0.717) is 12.2 Å². The third kappa shape index (κ3) is 6.13. The van der Waals surface area contributed by atoms with Gasteiger partial charge < -0.3 is 10.6 Å². The Kier molecular flexibility index (Phi) is 7.38. The summed E-state index contributed by atoms with van der Waals surface area (Å²) in [5.74, 6) is 0. The zero-order chi connectivity index (χ0) is 22.3. The second-order valence-corrected chi connectivity index (χ2v) is 9.21. The summed E-state index contributed by atoms with van der Waals surface area (Å²) >= 11 is 0. The normalized spacial score (nSPS) is 11.5. The fraction of sp³-hybridized carbons (Fsp3) is 0.217. The van der Waals surface area contributed by atoms with E-state index in [1.807, 2.05) is 56.3 Å². The van der Waals surface area contributed by atoms with Gasteiger partial charge in [0.25, 0.3) is 0 Å². The summed E-state index contributed by atoms with van der Waals surface area (Å²) < 4.78 is 27.8. The van der Waals surface area contributed by atoms with Gasteiger partial charge in [-0.1, -0.05) is 30.3 Å². The topological polar surface area (TPSA) is 91.4 Å². The van der Waals surface area contributed by atoms with Crippen LogP contribution in [0, 0.1) is 0 Å². The lowest BCUT2D eigenvalue weighted by Crippen LogP contribution is -2.36. The van der Waals surface area contributed by atoms with Crippen molar-refractivity contribution in [1.29, 1.82) is 0 Å². The van der Waals surface area contributed by atoms with Crippen LogP contribution in [0.15, 0.2) is 84.0 Å². The Bertz CT molecular complexity index is 1090. The Hall–Kier alpha value is -3.23. The quantitative estimate of drug-likeness (QED) is 0.556. The van der Waals surface area contributed by atoms with Crippen LogP contribution in [0.5, 0.6) is 0 Å². The van der Waals surface area contributed by atoms with Crippen molar-refractivity contribution in [2.45, 2.75) is 37.9 Å². The van der Waals surface area contributed by atoms with Crippen LogP contribution in [-0.4, -0.2) is 29.8 Å². The molecular weight excluding hydrogens is 412 g/mol. The third-order valence-electron chi connectivity index (χ3n) is 4.68. The standard InChI is InChI=1S/C23H26N4O3S/c1-18(2)27(17-20-6-4-3-5-7-20)31(29,30)22-10-8-21(9-11-22)26-23(28)25-16-19-12-14-24-15-13-19/h3-15,18H,16-17H2,1-2H3,(H2,25,26,28). The number of hydrogen-bond acceptors (Lipinski definition) is 4. The van der Waals surface area contributed by atoms with Crippen molar-refractivity contribution >= 4 is 21.7 Å². The van der Waals surface area contributed by atoms with Gasteiger partial charge in [-0.15, -0.1) is 0 Å². The van der Waals surface area contributed by atoms with E-state index in [-0.39, 0.29) is 23.5 Å². The van der Waals surface area contributed by atoms with Crippen LogP contribution in [-0.2, 0) is 23.1 Å². The maximum atomic E-state index is 13.2. The Morgan fingerprint density at radius 2 is 1.58 bits per heavy atom. The van der Waals surface area contributed by atoms with Crippen molar-refractivity contribution in [1.82, 2.24) is 14.6 Å². The maximum Gasteiger partial charge on any atom is 0.319 e. The SMILES string of the molecule is CC(C)N(Cc1ccccc1)S(=O)(=O)c1ccc(NC(=O)NCc2ccncc2)cc1. The van der Waals surface area contributed by atoms with Gasteiger partial charge >= 0.3 is 6.03 Å². The van der Waals surface area contributed by atoms with E-state index < -0.39 is 10.0 Å². The number of carbonyl (C=O) groups excluding carboxylic acids is 1. The van der Waals surface area contributed by atoms with Gasteiger partial charge in [0.2, 0.25) is 10.0 Å². The molecule has 0 saturated heterocycles. The summed E-state index contributed by atoms with van der Waals surface area (Å²) in [4.78, 5) is 16.2. The molecule has 0 spiro atoms. The van der Waals surface area contributed by atoms with Crippen molar-refractivity contribution in [3.8, 4) is 0 Å². The van der Waals surface area contributed by atoms with E-state index in [4.69, 9.17) is 0 Å². The van der Waals surface area contributed by atoms with E-state index in [1.54, 1.807) is 24.5 Å². The van der Waals surface area contributed by atoms with Gasteiger partial charge in [-0.2, -0.15) is 4.31 Å². The smallest absolute Gasteiger partial charge is 0.319 e. The molecule has 0 atom stereocenters. The summed E-state index contributed by atoms with van der Waals surface area (Å²) in [7, 11) is -3.69. The molecule has 0 aliphatic heterocycles. The zero-order valence-electron chi connectivity index (χ0n) is 17.5. The lowest BCUT2D eigenvalue weighted by Gasteiger charge is -2.26. The molecule has 0 saturated carbocycles. The molecule has 0 bridgehead atoms. The number of nitrogens with zero attached hydrogens (tertiary/aromatic N) is 2. The fourth-order valence-corrected chi connectivity index (χ4v) is 4.64. The summed E-state index contributed by atoms with van der Waals surface area (Å²) in [6.45, 7) is 4.36. The number of urea groups is 1. The van der Waals surface area contributed by atoms with Crippen molar-refractivity contribution in [2.24, 2.45) is 0 Å². The number of benzene rings is 2. The van der Waals surface area contributed by atoms with Crippen molar-refractivity contribution < 1.29 is 13.2 Å². The molecule has 0 radical (unpaired) electrons. The minimum Gasteiger partial charge on any atom is -0.334 e. The molecule has 3 rings (SSSR count). The molecule has 1 aromatic heterocycles.